The van der Waals surface area contributed by atoms with Crippen LogP contribution in [0.25, 0.3) is 33.2 Å². The summed E-state index contributed by atoms with van der Waals surface area (Å²) in [6, 6.07) is 13.7. The average Bonchev–Trinajstić information content (AvgIpc) is 3.10. The Hall–Kier alpha value is -2.61. The molecule has 1 aliphatic rings. The molecule has 5 rings (SSSR count). The maximum atomic E-state index is 6.87. The number of nitrogens with zero attached hydrogens (tertiary/aromatic N) is 1. The summed E-state index contributed by atoms with van der Waals surface area (Å²) in [4.78, 5) is 0. The first kappa shape index (κ1) is 21.2. The largest absolute Gasteiger partial charge is 0.455 e. The fourth-order valence-electron chi connectivity index (χ4n) is 5.67. The van der Waals surface area contributed by atoms with Gasteiger partial charge in [0.2, 0.25) is 5.69 Å². The van der Waals surface area contributed by atoms with Crippen molar-refractivity contribution in [2.24, 2.45) is 7.05 Å². The molecule has 1 aliphatic carbocycles. The molecule has 2 nitrogen and oxygen atoms in total. The number of aryl methyl sites for hydroxylation is 2. The van der Waals surface area contributed by atoms with E-state index < -0.39 is 0 Å². The van der Waals surface area contributed by atoms with E-state index in [0.29, 0.717) is 5.92 Å². The minimum atomic E-state index is 0.108. The molecule has 0 bridgehead atoms. The molecule has 2 aromatic heterocycles. The van der Waals surface area contributed by atoms with Crippen LogP contribution >= 0.6 is 0 Å². The van der Waals surface area contributed by atoms with Crippen molar-refractivity contribution in [3.8, 4) is 11.3 Å². The van der Waals surface area contributed by atoms with E-state index in [0.717, 1.165) is 11.2 Å². The van der Waals surface area contributed by atoms with Crippen molar-refractivity contribution in [2.75, 3.05) is 0 Å². The van der Waals surface area contributed by atoms with Gasteiger partial charge in [0.05, 0.1) is 5.56 Å². The number of aromatic nitrogens is 1. The maximum Gasteiger partial charge on any atom is 0.216 e. The summed E-state index contributed by atoms with van der Waals surface area (Å²) in [6.07, 6.45) is 4.65. The second-order valence-corrected chi connectivity index (χ2v) is 11.5. The van der Waals surface area contributed by atoms with Crippen molar-refractivity contribution in [3.63, 3.8) is 0 Å². The van der Waals surface area contributed by atoms with E-state index in [4.69, 9.17) is 4.42 Å². The molecule has 2 heterocycles. The summed E-state index contributed by atoms with van der Waals surface area (Å²) >= 11 is 0. The van der Waals surface area contributed by atoms with Gasteiger partial charge < -0.3 is 4.42 Å². The predicted molar refractivity (Wildman–Crippen MR) is 134 cm³/mol. The van der Waals surface area contributed by atoms with Crippen LogP contribution in [0.1, 0.15) is 82.6 Å². The van der Waals surface area contributed by atoms with Crippen LogP contribution in [0.5, 0.6) is 0 Å². The van der Waals surface area contributed by atoms with Gasteiger partial charge in [-0.3, -0.25) is 0 Å². The third-order valence-electron chi connectivity index (χ3n) is 7.88. The van der Waals surface area contributed by atoms with Crippen LogP contribution < -0.4 is 4.57 Å². The molecule has 0 saturated carbocycles. The molecular formula is C30H36NO+. The number of furan rings is 1. The van der Waals surface area contributed by atoms with Gasteiger partial charge in [-0.2, -0.15) is 0 Å². The highest BCUT2D eigenvalue weighted by atomic mass is 16.3. The van der Waals surface area contributed by atoms with Crippen LogP contribution in [0, 0.1) is 6.92 Å². The van der Waals surface area contributed by atoms with Crippen LogP contribution in [0.15, 0.2) is 47.0 Å². The monoisotopic (exact) mass is 426 g/mol. The molecule has 4 aromatic rings. The summed E-state index contributed by atoms with van der Waals surface area (Å²) in [5, 5.41) is 2.46. The van der Waals surface area contributed by atoms with E-state index in [1.54, 1.807) is 0 Å². The highest BCUT2D eigenvalue weighted by Crippen LogP contribution is 2.50. The van der Waals surface area contributed by atoms with Gasteiger partial charge in [0.25, 0.3) is 0 Å². The number of rotatable bonds is 2. The van der Waals surface area contributed by atoms with Crippen LogP contribution in [0.4, 0.5) is 0 Å². The Balaban J connectivity index is 1.85. The zero-order valence-corrected chi connectivity index (χ0v) is 20.9. The summed E-state index contributed by atoms with van der Waals surface area (Å²) in [6.45, 7) is 16.2. The highest BCUT2D eigenvalue weighted by molar-refractivity contribution is 6.11. The Morgan fingerprint density at radius 3 is 2.19 bits per heavy atom. The minimum Gasteiger partial charge on any atom is -0.455 e. The number of hydrogen-bond acceptors (Lipinski definition) is 1. The predicted octanol–water partition coefficient (Wildman–Crippen LogP) is 7.86. The summed E-state index contributed by atoms with van der Waals surface area (Å²) < 4.78 is 9.12. The molecule has 32 heavy (non-hydrogen) atoms. The molecule has 0 fully saturated rings. The summed E-state index contributed by atoms with van der Waals surface area (Å²) in [5.74, 6) is 0.510. The molecule has 0 unspecified atom stereocenters. The maximum absolute atomic E-state index is 6.87. The second-order valence-electron chi connectivity index (χ2n) is 11.5. The fraction of sp³-hybridized carbons (Fsp3) is 0.433. The third kappa shape index (κ3) is 3.03. The van der Waals surface area contributed by atoms with Crippen molar-refractivity contribution < 1.29 is 8.98 Å². The molecule has 0 atom stereocenters. The van der Waals surface area contributed by atoms with Crippen molar-refractivity contribution >= 4 is 21.9 Å². The van der Waals surface area contributed by atoms with Crippen LogP contribution in [-0.4, -0.2) is 0 Å². The van der Waals surface area contributed by atoms with Gasteiger partial charge in [-0.1, -0.05) is 65.8 Å². The van der Waals surface area contributed by atoms with Gasteiger partial charge in [0.15, 0.2) is 6.20 Å². The molecule has 0 aliphatic heterocycles. The quantitative estimate of drug-likeness (QED) is 0.298. The van der Waals surface area contributed by atoms with Crippen molar-refractivity contribution in [1.82, 2.24) is 0 Å². The van der Waals surface area contributed by atoms with E-state index in [9.17, 15) is 0 Å². The second kappa shape index (κ2) is 6.94. The summed E-state index contributed by atoms with van der Waals surface area (Å²) in [7, 11) is 2.15. The molecule has 0 saturated heterocycles. The zero-order valence-electron chi connectivity index (χ0n) is 20.9. The van der Waals surface area contributed by atoms with E-state index in [2.05, 4.69) is 103 Å². The number of fused-ring (bicyclic) bond motifs is 5. The van der Waals surface area contributed by atoms with Gasteiger partial charge >= 0.3 is 0 Å². The number of benzene rings is 2. The zero-order chi connectivity index (χ0) is 23.0. The molecule has 0 spiro atoms. The Morgan fingerprint density at radius 2 is 1.50 bits per heavy atom. The van der Waals surface area contributed by atoms with E-state index in [1.807, 2.05) is 0 Å². The Labute approximate surface area is 192 Å². The first-order valence-corrected chi connectivity index (χ1v) is 12.0. The number of pyridine rings is 1. The van der Waals surface area contributed by atoms with Crippen molar-refractivity contribution in [1.29, 1.82) is 0 Å². The lowest BCUT2D eigenvalue weighted by atomic mass is 9.63. The van der Waals surface area contributed by atoms with Gasteiger partial charge in [-0.25, -0.2) is 4.57 Å². The fourth-order valence-corrected chi connectivity index (χ4v) is 5.67. The van der Waals surface area contributed by atoms with Gasteiger partial charge in [-0.05, 0) is 53.7 Å². The molecule has 0 amide bonds. The van der Waals surface area contributed by atoms with E-state index in [-0.39, 0.29) is 10.8 Å². The smallest absolute Gasteiger partial charge is 0.216 e. The lowest BCUT2D eigenvalue weighted by Crippen LogP contribution is -2.33. The SMILES string of the molecule is Cc1ccc2c(oc3c4c(ccc32)C(C)(C)CCC4(C)C)c1-c1ccc(C(C)C)c[n+]1C. The Kier molecular flexibility index (Phi) is 4.61. The normalized spacial score (nSPS) is 17.3. The average molecular weight is 427 g/mol. The Bertz CT molecular complexity index is 1370. The minimum absolute atomic E-state index is 0.108. The highest BCUT2D eigenvalue weighted by Gasteiger charge is 2.39. The van der Waals surface area contributed by atoms with Crippen LogP contribution in [0.3, 0.4) is 0 Å². The molecule has 166 valence electrons. The van der Waals surface area contributed by atoms with E-state index in [1.165, 1.54) is 57.1 Å². The first-order valence-electron chi connectivity index (χ1n) is 12.0. The lowest BCUT2D eigenvalue weighted by Gasteiger charge is -2.41. The molecular weight excluding hydrogens is 390 g/mol. The Morgan fingerprint density at radius 1 is 0.844 bits per heavy atom. The van der Waals surface area contributed by atoms with Crippen LogP contribution in [0.2, 0.25) is 0 Å². The lowest BCUT2D eigenvalue weighted by molar-refractivity contribution is -0.660. The van der Waals surface area contributed by atoms with Gasteiger partial charge in [-0.15, -0.1) is 0 Å². The molecule has 0 N–H and O–H groups in total. The third-order valence-corrected chi connectivity index (χ3v) is 7.88. The standard InChI is InChI=1S/C30H36NO/c1-18(2)20-10-14-24(31(8)17-20)25-19(3)9-11-21-22-12-13-23-26(28(22)32-27(21)25)30(6,7)16-15-29(23,4)5/h9-14,17-18H,15-16H2,1-8H3/q+1. The first-order chi connectivity index (χ1) is 15.0. The molecule has 0 radical (unpaired) electrons. The number of hydrogen-bond donors (Lipinski definition) is 0. The van der Waals surface area contributed by atoms with Gasteiger partial charge in [0, 0.05) is 28.0 Å². The van der Waals surface area contributed by atoms with Crippen LogP contribution in [-0.2, 0) is 17.9 Å². The van der Waals surface area contributed by atoms with Crippen molar-refractivity contribution in [3.05, 3.63) is 64.8 Å². The van der Waals surface area contributed by atoms with Gasteiger partial charge in [0.1, 0.15) is 18.2 Å². The van der Waals surface area contributed by atoms with E-state index >= 15 is 0 Å². The van der Waals surface area contributed by atoms with Crippen molar-refractivity contribution in [2.45, 2.75) is 78.1 Å². The topological polar surface area (TPSA) is 17.0 Å². The molecule has 2 heteroatoms. The molecule has 2 aromatic carbocycles. The summed E-state index contributed by atoms with van der Waals surface area (Å²) in [5.41, 5.74) is 10.2.